The minimum Gasteiger partial charge on any atom is -0.339 e. The van der Waals surface area contributed by atoms with Gasteiger partial charge in [-0.25, -0.2) is 12.8 Å². The Hall–Kier alpha value is -2.78. The first-order valence-corrected chi connectivity index (χ1v) is 10.2. The van der Waals surface area contributed by atoms with E-state index in [4.69, 9.17) is 16.1 Å². The molecule has 0 aliphatic carbocycles. The monoisotopic (exact) mass is 423 g/mol. The van der Waals surface area contributed by atoms with Crippen molar-refractivity contribution in [2.75, 3.05) is 5.32 Å². The molecule has 3 aromatic rings. The zero-order valence-corrected chi connectivity index (χ0v) is 16.0. The highest BCUT2D eigenvalue weighted by atomic mass is 35.5. The van der Waals surface area contributed by atoms with Crippen LogP contribution < -0.4 is 5.32 Å². The summed E-state index contributed by atoms with van der Waals surface area (Å²) in [7, 11) is -3.65. The number of aryl methyl sites for hydroxylation is 1. The van der Waals surface area contributed by atoms with Gasteiger partial charge >= 0.3 is 0 Å². The van der Waals surface area contributed by atoms with Gasteiger partial charge in [-0.3, -0.25) is 4.79 Å². The summed E-state index contributed by atoms with van der Waals surface area (Å²) < 4.78 is 42.8. The predicted octanol–water partition coefficient (Wildman–Crippen LogP) is 3.41. The van der Waals surface area contributed by atoms with Crippen LogP contribution in [0.1, 0.15) is 18.1 Å². The smallest absolute Gasteiger partial charge is 0.227 e. The van der Waals surface area contributed by atoms with E-state index in [2.05, 4.69) is 15.5 Å². The van der Waals surface area contributed by atoms with Gasteiger partial charge in [-0.1, -0.05) is 22.8 Å². The SMILES string of the molecule is O=C(CCc1nc(CS(=O)(=O)c2ccc(Cl)cc2)no1)Nc1cccc(F)c1. The number of nitrogens with zero attached hydrogens (tertiary/aromatic N) is 2. The summed E-state index contributed by atoms with van der Waals surface area (Å²) >= 11 is 5.76. The second-order valence-corrected chi connectivity index (χ2v) is 8.30. The Morgan fingerprint density at radius 2 is 1.93 bits per heavy atom. The third-order valence-electron chi connectivity index (χ3n) is 3.68. The first-order chi connectivity index (χ1) is 13.3. The molecule has 1 N–H and O–H groups in total. The van der Waals surface area contributed by atoms with E-state index >= 15 is 0 Å². The van der Waals surface area contributed by atoms with Gasteiger partial charge in [0.1, 0.15) is 11.6 Å². The Balaban J connectivity index is 1.56. The maximum Gasteiger partial charge on any atom is 0.227 e. The summed E-state index contributed by atoms with van der Waals surface area (Å²) in [5, 5.41) is 6.62. The number of hydrogen-bond acceptors (Lipinski definition) is 6. The van der Waals surface area contributed by atoms with Crippen molar-refractivity contribution in [1.29, 1.82) is 0 Å². The average molecular weight is 424 g/mol. The number of sulfone groups is 1. The van der Waals surface area contributed by atoms with E-state index in [1.807, 2.05) is 0 Å². The largest absolute Gasteiger partial charge is 0.339 e. The molecule has 0 bridgehead atoms. The van der Waals surface area contributed by atoms with Crippen molar-refractivity contribution in [3.05, 3.63) is 71.1 Å². The number of carbonyl (C=O) groups is 1. The van der Waals surface area contributed by atoms with Crippen molar-refractivity contribution in [3.63, 3.8) is 0 Å². The van der Waals surface area contributed by atoms with Crippen LogP contribution in [0.15, 0.2) is 57.9 Å². The minimum absolute atomic E-state index is 0.00418. The number of amides is 1. The van der Waals surface area contributed by atoms with E-state index < -0.39 is 21.4 Å². The van der Waals surface area contributed by atoms with Crippen LogP contribution in [0.3, 0.4) is 0 Å². The van der Waals surface area contributed by atoms with Crippen LogP contribution in [-0.4, -0.2) is 24.5 Å². The molecule has 0 aliphatic rings. The molecule has 7 nitrogen and oxygen atoms in total. The Kier molecular flexibility index (Phi) is 6.05. The molecule has 146 valence electrons. The third-order valence-corrected chi connectivity index (χ3v) is 5.56. The van der Waals surface area contributed by atoms with Crippen molar-refractivity contribution < 1.29 is 22.1 Å². The van der Waals surface area contributed by atoms with Crippen LogP contribution in [0, 0.1) is 5.82 Å². The molecule has 0 saturated heterocycles. The van der Waals surface area contributed by atoms with Gasteiger partial charge in [-0.2, -0.15) is 4.98 Å². The molecule has 1 heterocycles. The molecule has 3 rings (SSSR count). The van der Waals surface area contributed by atoms with E-state index in [-0.39, 0.29) is 35.4 Å². The number of carbonyl (C=O) groups excluding carboxylic acids is 1. The van der Waals surface area contributed by atoms with Gasteiger partial charge in [-0.05, 0) is 42.5 Å². The van der Waals surface area contributed by atoms with Crippen LogP contribution in [0.2, 0.25) is 5.02 Å². The van der Waals surface area contributed by atoms with Crippen molar-refractivity contribution in [3.8, 4) is 0 Å². The van der Waals surface area contributed by atoms with Crippen molar-refractivity contribution in [2.45, 2.75) is 23.5 Å². The molecule has 1 aromatic heterocycles. The number of rotatable bonds is 7. The molecule has 0 saturated carbocycles. The summed E-state index contributed by atoms with van der Waals surface area (Å²) in [6.45, 7) is 0. The third kappa shape index (κ3) is 5.37. The number of benzene rings is 2. The number of aromatic nitrogens is 2. The average Bonchev–Trinajstić information content (AvgIpc) is 3.07. The Morgan fingerprint density at radius 3 is 2.64 bits per heavy atom. The van der Waals surface area contributed by atoms with E-state index in [1.165, 1.54) is 42.5 Å². The molecule has 0 radical (unpaired) electrons. The lowest BCUT2D eigenvalue weighted by atomic mass is 10.2. The van der Waals surface area contributed by atoms with Crippen LogP contribution >= 0.6 is 11.6 Å². The van der Waals surface area contributed by atoms with E-state index in [9.17, 15) is 17.6 Å². The van der Waals surface area contributed by atoms with E-state index in [0.717, 1.165) is 0 Å². The predicted molar refractivity (Wildman–Crippen MR) is 100.0 cm³/mol. The van der Waals surface area contributed by atoms with Gasteiger partial charge in [0, 0.05) is 23.6 Å². The highest BCUT2D eigenvalue weighted by Crippen LogP contribution is 2.18. The number of hydrogen-bond donors (Lipinski definition) is 1. The van der Waals surface area contributed by atoms with Crippen molar-refractivity contribution >= 4 is 33.0 Å². The lowest BCUT2D eigenvalue weighted by Crippen LogP contribution is -2.12. The molecule has 0 aliphatic heterocycles. The first kappa shape index (κ1) is 20.0. The van der Waals surface area contributed by atoms with Crippen molar-refractivity contribution in [1.82, 2.24) is 10.1 Å². The molecule has 28 heavy (non-hydrogen) atoms. The molecule has 10 heteroatoms. The molecule has 2 aromatic carbocycles. The zero-order valence-electron chi connectivity index (χ0n) is 14.4. The van der Waals surface area contributed by atoms with Crippen LogP contribution in [0.5, 0.6) is 0 Å². The Labute approximate surface area is 165 Å². The van der Waals surface area contributed by atoms with Crippen LogP contribution in [0.4, 0.5) is 10.1 Å². The van der Waals surface area contributed by atoms with Crippen LogP contribution in [-0.2, 0) is 26.8 Å². The fourth-order valence-electron chi connectivity index (χ4n) is 2.36. The standard InChI is InChI=1S/C18H15ClFN3O4S/c19-12-4-6-15(7-5-12)28(25,26)11-16-22-18(27-23-16)9-8-17(24)21-14-3-1-2-13(20)10-14/h1-7,10H,8-9,11H2,(H,21,24). The lowest BCUT2D eigenvalue weighted by Gasteiger charge is -2.03. The van der Waals surface area contributed by atoms with Gasteiger partial charge in [-0.15, -0.1) is 0 Å². The van der Waals surface area contributed by atoms with E-state index in [0.29, 0.717) is 10.7 Å². The first-order valence-electron chi connectivity index (χ1n) is 8.17. The Bertz CT molecular complexity index is 1080. The number of halogens is 2. The summed E-state index contributed by atoms with van der Waals surface area (Å²) in [4.78, 5) is 16.0. The fourth-order valence-corrected chi connectivity index (χ4v) is 3.66. The fraction of sp³-hybridized carbons (Fsp3) is 0.167. The normalized spacial score (nSPS) is 11.4. The quantitative estimate of drug-likeness (QED) is 0.624. The highest BCUT2D eigenvalue weighted by molar-refractivity contribution is 7.90. The van der Waals surface area contributed by atoms with Gasteiger partial charge in [0.25, 0.3) is 0 Å². The van der Waals surface area contributed by atoms with Gasteiger partial charge in [0.15, 0.2) is 15.7 Å². The summed E-state index contributed by atoms with van der Waals surface area (Å²) in [6.07, 6.45) is 0.136. The topological polar surface area (TPSA) is 102 Å². The summed E-state index contributed by atoms with van der Waals surface area (Å²) in [5.41, 5.74) is 0.338. The summed E-state index contributed by atoms with van der Waals surface area (Å²) in [5.74, 6) is -1.13. The van der Waals surface area contributed by atoms with Crippen molar-refractivity contribution in [2.24, 2.45) is 0 Å². The van der Waals surface area contributed by atoms with E-state index in [1.54, 1.807) is 6.07 Å². The van der Waals surface area contributed by atoms with Gasteiger partial charge in [0.2, 0.25) is 11.8 Å². The maximum absolute atomic E-state index is 13.1. The minimum atomic E-state index is -3.65. The van der Waals surface area contributed by atoms with Crippen LogP contribution in [0.25, 0.3) is 0 Å². The Morgan fingerprint density at radius 1 is 1.18 bits per heavy atom. The van der Waals surface area contributed by atoms with Gasteiger partial charge < -0.3 is 9.84 Å². The molecule has 0 unspecified atom stereocenters. The summed E-state index contributed by atoms with van der Waals surface area (Å²) in [6, 6.07) is 11.3. The zero-order chi connectivity index (χ0) is 20.1. The number of nitrogens with one attached hydrogen (secondary N) is 1. The lowest BCUT2D eigenvalue weighted by molar-refractivity contribution is -0.116. The second kappa shape index (κ2) is 8.49. The highest BCUT2D eigenvalue weighted by Gasteiger charge is 2.19. The van der Waals surface area contributed by atoms with Gasteiger partial charge in [0.05, 0.1) is 4.90 Å². The maximum atomic E-state index is 13.1. The molecule has 0 spiro atoms. The molecule has 0 fully saturated rings. The molecule has 0 atom stereocenters. The molecule has 1 amide bonds. The molecular weight excluding hydrogens is 409 g/mol. The second-order valence-electron chi connectivity index (χ2n) is 5.88. The number of anilines is 1. The molecular formula is C18H15ClFN3O4S.